The zero-order chi connectivity index (χ0) is 19.3. The molecule has 27 heavy (non-hydrogen) atoms. The van der Waals surface area contributed by atoms with Crippen molar-refractivity contribution in [2.24, 2.45) is 0 Å². The van der Waals surface area contributed by atoms with Crippen LogP contribution in [0.4, 0.5) is 13.2 Å². The van der Waals surface area contributed by atoms with E-state index in [2.05, 4.69) is 10.1 Å². The van der Waals surface area contributed by atoms with Gasteiger partial charge in [0.1, 0.15) is 17.9 Å². The van der Waals surface area contributed by atoms with Gasteiger partial charge in [-0.15, -0.1) is 0 Å². The molecule has 1 saturated heterocycles. The molecule has 2 atom stereocenters. The van der Waals surface area contributed by atoms with E-state index in [1.165, 1.54) is 6.92 Å². The van der Waals surface area contributed by atoms with Crippen molar-refractivity contribution < 1.29 is 28.1 Å². The maximum absolute atomic E-state index is 12.9. The summed E-state index contributed by atoms with van der Waals surface area (Å²) in [7, 11) is 0. The Bertz CT molecular complexity index is 993. The zero-order valence-corrected chi connectivity index (χ0v) is 14.2. The number of phenols is 1. The van der Waals surface area contributed by atoms with Crippen LogP contribution in [0.25, 0.3) is 22.3 Å². The minimum absolute atomic E-state index is 0.226. The van der Waals surface area contributed by atoms with Gasteiger partial charge in [-0.05, 0) is 36.8 Å². The van der Waals surface area contributed by atoms with Crippen LogP contribution in [0.5, 0.6) is 5.75 Å². The van der Waals surface area contributed by atoms with Crippen LogP contribution >= 0.6 is 0 Å². The first-order valence-electron chi connectivity index (χ1n) is 8.27. The highest BCUT2D eigenvalue weighted by atomic mass is 19.4. The molecule has 6 nitrogen and oxygen atoms in total. The van der Waals surface area contributed by atoms with Gasteiger partial charge in [-0.1, -0.05) is 0 Å². The lowest BCUT2D eigenvalue weighted by molar-refractivity contribution is -0.137. The minimum atomic E-state index is -4.54. The summed E-state index contributed by atoms with van der Waals surface area (Å²) in [5.74, 6) is -0.492. The highest BCUT2D eigenvalue weighted by Gasteiger charge is 2.32. The number of hydrogen-bond acceptors (Lipinski definition) is 5. The van der Waals surface area contributed by atoms with Crippen molar-refractivity contribution in [2.45, 2.75) is 25.2 Å². The summed E-state index contributed by atoms with van der Waals surface area (Å²) >= 11 is 0. The average molecular weight is 379 g/mol. The fraction of sp³-hybridized carbons (Fsp3) is 0.333. The lowest BCUT2D eigenvalue weighted by Crippen LogP contribution is -2.22. The van der Waals surface area contributed by atoms with Crippen molar-refractivity contribution in [3.63, 3.8) is 0 Å². The molecular weight excluding hydrogens is 363 g/mol. The normalized spacial score (nSPS) is 20.5. The summed E-state index contributed by atoms with van der Waals surface area (Å²) in [5, 5.41) is 25.2. The highest BCUT2D eigenvalue weighted by molar-refractivity contribution is 5.80. The number of aromatic nitrogens is 3. The Morgan fingerprint density at radius 1 is 1.22 bits per heavy atom. The lowest BCUT2D eigenvalue weighted by Gasteiger charge is -2.13. The van der Waals surface area contributed by atoms with E-state index in [0.717, 1.165) is 6.07 Å². The Hall–Kier alpha value is -2.65. The molecule has 0 aliphatic carbocycles. The van der Waals surface area contributed by atoms with Gasteiger partial charge >= 0.3 is 6.18 Å². The quantitative estimate of drug-likeness (QED) is 0.715. The van der Waals surface area contributed by atoms with Gasteiger partial charge in [0.2, 0.25) is 0 Å². The number of ether oxygens (including phenoxy) is 1. The molecule has 1 aliphatic rings. The first-order chi connectivity index (χ1) is 12.7. The van der Waals surface area contributed by atoms with E-state index in [4.69, 9.17) is 4.74 Å². The van der Waals surface area contributed by atoms with E-state index in [-0.39, 0.29) is 23.8 Å². The van der Waals surface area contributed by atoms with Crippen molar-refractivity contribution in [1.29, 1.82) is 0 Å². The third-order valence-electron chi connectivity index (χ3n) is 4.65. The highest BCUT2D eigenvalue weighted by Crippen LogP contribution is 2.38. The van der Waals surface area contributed by atoms with E-state index in [9.17, 15) is 23.4 Å². The van der Waals surface area contributed by atoms with Gasteiger partial charge in [-0.3, -0.25) is 4.68 Å². The summed E-state index contributed by atoms with van der Waals surface area (Å²) in [4.78, 5) is 4.38. The average Bonchev–Trinajstić information content (AvgIpc) is 3.18. The van der Waals surface area contributed by atoms with Gasteiger partial charge in [-0.25, -0.2) is 4.98 Å². The smallest absolute Gasteiger partial charge is 0.416 e. The number of aliphatic hydroxyl groups is 1. The number of benzene rings is 1. The van der Waals surface area contributed by atoms with E-state index < -0.39 is 23.6 Å². The third-order valence-corrected chi connectivity index (χ3v) is 4.65. The van der Waals surface area contributed by atoms with E-state index >= 15 is 0 Å². The summed E-state index contributed by atoms with van der Waals surface area (Å²) in [6, 6.07) is 4.69. The maximum Gasteiger partial charge on any atom is 0.416 e. The van der Waals surface area contributed by atoms with Gasteiger partial charge in [0.05, 0.1) is 24.5 Å². The third kappa shape index (κ3) is 3.13. The Balaban J connectivity index is 1.76. The zero-order valence-electron chi connectivity index (χ0n) is 14.2. The van der Waals surface area contributed by atoms with Crippen LogP contribution in [0.3, 0.4) is 0 Å². The largest absolute Gasteiger partial charge is 0.507 e. The van der Waals surface area contributed by atoms with E-state index in [0.29, 0.717) is 29.4 Å². The summed E-state index contributed by atoms with van der Waals surface area (Å²) in [6.45, 7) is 2.06. The Morgan fingerprint density at radius 3 is 2.63 bits per heavy atom. The Labute approximate surface area is 151 Å². The molecule has 0 saturated carbocycles. The predicted molar refractivity (Wildman–Crippen MR) is 90.2 cm³/mol. The number of fused-ring (bicyclic) bond motifs is 1. The molecule has 1 fully saturated rings. The molecule has 142 valence electrons. The van der Waals surface area contributed by atoms with Crippen LogP contribution in [-0.4, -0.2) is 44.3 Å². The van der Waals surface area contributed by atoms with E-state index in [1.807, 2.05) is 0 Å². The van der Waals surface area contributed by atoms with Crippen molar-refractivity contribution in [1.82, 2.24) is 14.8 Å². The minimum Gasteiger partial charge on any atom is -0.507 e. The Morgan fingerprint density at radius 2 is 2.00 bits per heavy atom. The molecule has 3 aromatic rings. The number of rotatable bonds is 2. The molecule has 0 amide bonds. The number of aliphatic hydroxyl groups excluding tert-OH is 1. The molecule has 1 aliphatic heterocycles. The molecule has 0 spiro atoms. The fourth-order valence-electron chi connectivity index (χ4n) is 3.28. The van der Waals surface area contributed by atoms with Gasteiger partial charge in [0.25, 0.3) is 0 Å². The first-order valence-corrected chi connectivity index (χ1v) is 8.27. The fourth-order valence-corrected chi connectivity index (χ4v) is 3.28. The van der Waals surface area contributed by atoms with Crippen LogP contribution in [-0.2, 0) is 10.9 Å². The number of pyridine rings is 1. The van der Waals surface area contributed by atoms with Crippen LogP contribution in [0.1, 0.15) is 17.2 Å². The molecule has 1 aromatic carbocycles. The first kappa shape index (κ1) is 17.7. The maximum atomic E-state index is 12.9. The number of phenolic OH excluding ortho intramolecular Hbond substituents is 1. The summed E-state index contributed by atoms with van der Waals surface area (Å²) in [5.41, 5.74) is 0.253. The molecule has 0 bridgehead atoms. The number of nitrogens with zero attached hydrogens (tertiary/aromatic N) is 3. The molecule has 2 N–H and O–H groups in total. The van der Waals surface area contributed by atoms with Crippen LogP contribution in [0.15, 0.2) is 30.5 Å². The van der Waals surface area contributed by atoms with Crippen LogP contribution in [0.2, 0.25) is 0 Å². The molecule has 3 heterocycles. The van der Waals surface area contributed by atoms with Gasteiger partial charge < -0.3 is 14.9 Å². The second kappa shape index (κ2) is 6.21. The SMILES string of the molecule is Cc1cc(C(F)(F)F)cc(O)c1-c1ccc2cn(C3COC[C@H]3O)nc2n1. The van der Waals surface area contributed by atoms with Crippen molar-refractivity contribution >= 4 is 11.0 Å². The van der Waals surface area contributed by atoms with Crippen molar-refractivity contribution in [2.75, 3.05) is 13.2 Å². The van der Waals surface area contributed by atoms with E-state index in [1.54, 1.807) is 23.0 Å². The molecule has 0 radical (unpaired) electrons. The Kier molecular flexibility index (Phi) is 4.08. The van der Waals surface area contributed by atoms with Gasteiger partial charge in [0, 0.05) is 17.1 Å². The summed E-state index contributed by atoms with van der Waals surface area (Å²) in [6.07, 6.45) is -3.48. The van der Waals surface area contributed by atoms with Crippen molar-refractivity contribution in [3.05, 3.63) is 41.6 Å². The van der Waals surface area contributed by atoms with Gasteiger partial charge in [-0.2, -0.15) is 18.3 Å². The number of halogens is 3. The predicted octanol–water partition coefficient (Wildman–Crippen LogP) is 3.06. The van der Waals surface area contributed by atoms with Crippen LogP contribution in [0, 0.1) is 6.92 Å². The standard InChI is InChI=1S/C18H16F3N3O3/c1-9-4-11(18(19,20)21)5-14(25)16(9)12-3-2-10-6-24(23-17(10)22-12)13-7-27-8-15(13)26/h2-6,13,15,25-26H,7-8H2,1H3/t13?,15-/m1/s1. The number of hydrogen-bond donors (Lipinski definition) is 2. The second-order valence-corrected chi connectivity index (χ2v) is 6.58. The number of aryl methyl sites for hydroxylation is 1. The summed E-state index contributed by atoms with van der Waals surface area (Å²) < 4.78 is 45.5. The molecule has 1 unspecified atom stereocenters. The molecule has 4 rings (SSSR count). The lowest BCUT2D eigenvalue weighted by atomic mass is 10.00. The number of aromatic hydroxyl groups is 1. The second-order valence-electron chi connectivity index (χ2n) is 6.58. The molecule has 2 aromatic heterocycles. The molecular formula is C18H16F3N3O3. The monoisotopic (exact) mass is 379 g/mol. The van der Waals surface area contributed by atoms with Gasteiger partial charge in [0.15, 0.2) is 5.65 Å². The van der Waals surface area contributed by atoms with Crippen LogP contribution < -0.4 is 0 Å². The topological polar surface area (TPSA) is 80.4 Å². The number of alkyl halides is 3. The van der Waals surface area contributed by atoms with Crippen molar-refractivity contribution in [3.8, 4) is 17.0 Å². The molecule has 9 heteroatoms.